The first-order valence-electron chi connectivity index (χ1n) is 10.7. The van der Waals surface area contributed by atoms with E-state index in [1.165, 1.54) is 17.0 Å². The van der Waals surface area contributed by atoms with Gasteiger partial charge in [-0.05, 0) is 44.9 Å². The fourth-order valence-corrected chi connectivity index (χ4v) is 3.80. The monoisotopic (exact) mass is 514 g/mol. The van der Waals surface area contributed by atoms with Crippen molar-refractivity contribution in [1.29, 1.82) is 0 Å². The highest BCUT2D eigenvalue weighted by Gasteiger charge is 2.40. The Bertz CT molecular complexity index is 943. The molecule has 0 saturated heterocycles. The summed E-state index contributed by atoms with van der Waals surface area (Å²) in [5.74, 6) is -0.407. The van der Waals surface area contributed by atoms with Crippen molar-refractivity contribution >= 4 is 52.3 Å². The van der Waals surface area contributed by atoms with E-state index >= 15 is 0 Å². The predicted octanol–water partition coefficient (Wildman–Crippen LogP) is 6.09. The van der Waals surface area contributed by atoms with Crippen LogP contribution < -0.4 is 10.1 Å². The van der Waals surface area contributed by atoms with Gasteiger partial charge in [0.15, 0.2) is 6.61 Å². The van der Waals surface area contributed by atoms with Crippen LogP contribution in [0.2, 0.25) is 15.1 Å². The second-order valence-corrected chi connectivity index (χ2v) is 8.75. The summed E-state index contributed by atoms with van der Waals surface area (Å²) in [7, 11) is 0. The number of rotatable bonds is 12. The maximum atomic E-state index is 13.3. The maximum absolute atomic E-state index is 13.3. The van der Waals surface area contributed by atoms with Crippen molar-refractivity contribution in [2.24, 2.45) is 0 Å². The molecule has 0 aromatic heterocycles. The van der Waals surface area contributed by atoms with E-state index in [1.807, 2.05) is 32.0 Å². The van der Waals surface area contributed by atoms with E-state index in [-0.39, 0.29) is 39.2 Å². The summed E-state index contributed by atoms with van der Waals surface area (Å²) < 4.78 is 11.1. The lowest BCUT2D eigenvalue weighted by molar-refractivity contribution is -0.146. The number of halogens is 3. The summed E-state index contributed by atoms with van der Waals surface area (Å²) >= 11 is 18.2. The molecule has 2 aromatic carbocycles. The minimum atomic E-state index is -1.11. The van der Waals surface area contributed by atoms with Crippen LogP contribution in [0.15, 0.2) is 42.5 Å². The number of ether oxygens (including phenoxy) is 2. The van der Waals surface area contributed by atoms with Crippen LogP contribution in [0, 0.1) is 0 Å². The number of amides is 2. The Kier molecular flexibility index (Phi) is 10.8. The number of nitrogens with zero attached hydrogens (tertiary/aromatic N) is 1. The molecule has 0 radical (unpaired) electrons. The summed E-state index contributed by atoms with van der Waals surface area (Å²) in [4.78, 5) is 28.1. The van der Waals surface area contributed by atoms with Crippen molar-refractivity contribution in [2.45, 2.75) is 39.2 Å². The van der Waals surface area contributed by atoms with Crippen molar-refractivity contribution in [2.75, 3.05) is 31.7 Å². The maximum Gasteiger partial charge on any atom is 0.261 e. The smallest absolute Gasteiger partial charge is 0.261 e. The van der Waals surface area contributed by atoms with Gasteiger partial charge in [0.25, 0.3) is 5.91 Å². The van der Waals surface area contributed by atoms with Gasteiger partial charge in [-0.1, -0.05) is 59.9 Å². The molecule has 0 spiro atoms. The Morgan fingerprint density at radius 3 is 2.33 bits per heavy atom. The van der Waals surface area contributed by atoms with Gasteiger partial charge in [0.2, 0.25) is 5.91 Å². The van der Waals surface area contributed by atoms with E-state index in [0.717, 1.165) is 0 Å². The number of carbonyl (C=O) groups is 2. The average molecular weight is 516 g/mol. The molecule has 0 fully saturated rings. The van der Waals surface area contributed by atoms with Gasteiger partial charge in [0.05, 0.1) is 15.1 Å². The van der Waals surface area contributed by atoms with Crippen molar-refractivity contribution in [1.82, 2.24) is 4.90 Å². The number of para-hydroxylation sites is 1. The molecule has 0 aliphatic rings. The molecule has 0 saturated carbocycles. The Morgan fingerprint density at radius 1 is 1.03 bits per heavy atom. The van der Waals surface area contributed by atoms with Crippen LogP contribution in [-0.2, 0) is 14.3 Å². The van der Waals surface area contributed by atoms with Crippen molar-refractivity contribution < 1.29 is 19.1 Å². The number of carbonyl (C=O) groups excluding carboxylic acids is 2. The molecule has 0 aliphatic carbocycles. The van der Waals surface area contributed by atoms with Gasteiger partial charge < -0.3 is 19.7 Å². The summed E-state index contributed by atoms with van der Waals surface area (Å²) in [6, 6.07) is 12.0. The highest BCUT2D eigenvalue weighted by atomic mass is 35.5. The quantitative estimate of drug-likeness (QED) is 0.274. The highest BCUT2D eigenvalue weighted by molar-refractivity contribution is 6.43. The molecule has 9 heteroatoms. The molecule has 0 heterocycles. The Hall–Kier alpha value is -1.99. The van der Waals surface area contributed by atoms with E-state index in [2.05, 4.69) is 5.32 Å². The van der Waals surface area contributed by atoms with Gasteiger partial charge in [-0.15, -0.1) is 0 Å². The lowest BCUT2D eigenvalue weighted by atomic mass is 9.94. The van der Waals surface area contributed by atoms with Gasteiger partial charge in [0, 0.05) is 31.5 Å². The number of benzene rings is 2. The zero-order valence-electron chi connectivity index (χ0n) is 19.0. The first kappa shape index (κ1) is 27.3. The highest BCUT2D eigenvalue weighted by Crippen LogP contribution is 2.34. The average Bonchev–Trinajstić information content (AvgIpc) is 2.80. The molecule has 1 unspecified atom stereocenters. The number of hydrogen-bond donors (Lipinski definition) is 1. The van der Waals surface area contributed by atoms with Crippen molar-refractivity contribution in [3.8, 4) is 5.75 Å². The summed E-state index contributed by atoms with van der Waals surface area (Å²) in [5, 5.41) is 3.69. The molecule has 0 aliphatic heterocycles. The Morgan fingerprint density at radius 2 is 1.70 bits per heavy atom. The first-order chi connectivity index (χ1) is 15.7. The van der Waals surface area contributed by atoms with Gasteiger partial charge >= 0.3 is 0 Å². The van der Waals surface area contributed by atoms with E-state index < -0.39 is 5.54 Å². The van der Waals surface area contributed by atoms with Crippen LogP contribution >= 0.6 is 34.8 Å². The molecule has 2 amide bonds. The summed E-state index contributed by atoms with van der Waals surface area (Å²) in [5.41, 5.74) is -0.452. The van der Waals surface area contributed by atoms with Crippen molar-refractivity contribution in [3.63, 3.8) is 0 Å². The SMILES string of the molecule is CCOCCCN(C(=O)COc1cc(Cl)c(Cl)cc1Cl)C(C)(CC)C(=O)Nc1ccccc1. The normalized spacial score (nSPS) is 12.7. The molecular weight excluding hydrogens is 487 g/mol. The standard InChI is InChI=1S/C24H29Cl3N2O4/c1-4-24(3,23(31)28-17-10-7-6-8-11-17)29(12-9-13-32-5-2)22(30)16-33-21-15-19(26)18(25)14-20(21)27/h6-8,10-11,14-15H,4-5,9,12-13,16H2,1-3H3,(H,28,31). The molecule has 180 valence electrons. The third-order valence-electron chi connectivity index (χ3n) is 5.31. The zero-order valence-corrected chi connectivity index (χ0v) is 21.3. The third-order valence-corrected chi connectivity index (χ3v) is 6.32. The zero-order chi connectivity index (χ0) is 24.4. The van der Waals surface area contributed by atoms with Crippen LogP contribution in [0.1, 0.15) is 33.6 Å². The third kappa shape index (κ3) is 7.51. The van der Waals surface area contributed by atoms with Crippen LogP contribution in [0.25, 0.3) is 0 Å². The fraction of sp³-hybridized carbons (Fsp3) is 0.417. The van der Waals surface area contributed by atoms with Crippen LogP contribution in [0.3, 0.4) is 0 Å². The van der Waals surface area contributed by atoms with Gasteiger partial charge in [-0.2, -0.15) is 0 Å². The first-order valence-corrected chi connectivity index (χ1v) is 11.9. The van der Waals surface area contributed by atoms with E-state index in [4.69, 9.17) is 44.3 Å². The molecule has 6 nitrogen and oxygen atoms in total. The van der Waals surface area contributed by atoms with E-state index in [1.54, 1.807) is 19.1 Å². The molecule has 2 rings (SSSR count). The van der Waals surface area contributed by atoms with Gasteiger partial charge in [0.1, 0.15) is 11.3 Å². The van der Waals surface area contributed by atoms with Crippen molar-refractivity contribution in [3.05, 3.63) is 57.5 Å². The van der Waals surface area contributed by atoms with Crippen LogP contribution in [0.4, 0.5) is 5.69 Å². The minimum absolute atomic E-state index is 0.236. The van der Waals surface area contributed by atoms with E-state index in [9.17, 15) is 9.59 Å². The molecule has 33 heavy (non-hydrogen) atoms. The van der Waals surface area contributed by atoms with Gasteiger partial charge in [-0.3, -0.25) is 9.59 Å². The molecule has 1 N–H and O–H groups in total. The summed E-state index contributed by atoms with van der Waals surface area (Å²) in [6.07, 6.45) is 0.973. The predicted molar refractivity (Wildman–Crippen MR) is 134 cm³/mol. The molecular formula is C24H29Cl3N2O4. The number of anilines is 1. The fourth-order valence-electron chi connectivity index (χ4n) is 3.21. The Balaban J connectivity index is 2.22. The van der Waals surface area contributed by atoms with Gasteiger partial charge in [-0.25, -0.2) is 0 Å². The minimum Gasteiger partial charge on any atom is -0.482 e. The Labute approximate surface area is 210 Å². The second kappa shape index (κ2) is 13.0. The molecule has 2 aromatic rings. The lowest BCUT2D eigenvalue weighted by Crippen LogP contribution is -2.58. The van der Waals surface area contributed by atoms with Crippen LogP contribution in [0.5, 0.6) is 5.75 Å². The lowest BCUT2D eigenvalue weighted by Gasteiger charge is -2.39. The second-order valence-electron chi connectivity index (χ2n) is 7.53. The van der Waals surface area contributed by atoms with Crippen LogP contribution in [-0.4, -0.2) is 48.6 Å². The largest absolute Gasteiger partial charge is 0.482 e. The topological polar surface area (TPSA) is 67.9 Å². The molecule has 0 bridgehead atoms. The number of hydrogen-bond acceptors (Lipinski definition) is 4. The summed E-state index contributed by atoms with van der Waals surface area (Å²) in [6.45, 7) is 6.57. The molecule has 1 atom stereocenters. The van der Waals surface area contributed by atoms with E-state index in [0.29, 0.717) is 38.3 Å². The number of nitrogens with one attached hydrogen (secondary N) is 1.